The fourth-order valence-electron chi connectivity index (χ4n) is 1.31. The van der Waals surface area contributed by atoms with Gasteiger partial charge in [0.05, 0.1) is 10.6 Å². The molecule has 0 aliphatic rings. The lowest BCUT2D eigenvalue weighted by atomic mass is 10.2. The Balaban J connectivity index is 2.92. The molecule has 112 valence electrons. The van der Waals surface area contributed by atoms with E-state index in [1.165, 1.54) is 6.07 Å². The molecule has 0 aromatic heterocycles. The first-order chi connectivity index (χ1) is 8.99. The largest absolute Gasteiger partial charge is 0.351 e. The van der Waals surface area contributed by atoms with Gasteiger partial charge in [-0.25, -0.2) is 22.0 Å². The smallest absolute Gasteiger partial charge is 0.251 e. The quantitative estimate of drug-likeness (QED) is 0.765. The van der Waals surface area contributed by atoms with E-state index in [2.05, 4.69) is 5.32 Å². The molecule has 0 bridgehead atoms. The molecule has 1 aromatic carbocycles. The third-order valence-electron chi connectivity index (χ3n) is 2.22. The topological polar surface area (TPSA) is 123 Å². The maximum atomic E-state index is 11.8. The number of primary sulfonamides is 1. The van der Waals surface area contributed by atoms with Gasteiger partial charge in [-0.2, -0.15) is 0 Å². The van der Waals surface area contributed by atoms with E-state index in [0.29, 0.717) is 0 Å². The lowest BCUT2D eigenvalue weighted by Gasteiger charge is -2.07. The van der Waals surface area contributed by atoms with Crippen molar-refractivity contribution in [3.63, 3.8) is 0 Å². The fourth-order valence-corrected chi connectivity index (χ4v) is 2.67. The van der Waals surface area contributed by atoms with Gasteiger partial charge in [0, 0.05) is 23.4 Å². The van der Waals surface area contributed by atoms with Crippen LogP contribution in [-0.2, 0) is 19.9 Å². The molecule has 0 saturated heterocycles. The van der Waals surface area contributed by atoms with Gasteiger partial charge in [0.15, 0.2) is 0 Å². The predicted octanol–water partition coefficient (Wildman–Crippen LogP) is -0.238. The van der Waals surface area contributed by atoms with E-state index in [1.54, 1.807) is 0 Å². The third kappa shape index (κ3) is 5.45. The number of carbonyl (C=O) groups excluding carboxylic acids is 1. The van der Waals surface area contributed by atoms with E-state index in [1.807, 2.05) is 0 Å². The van der Waals surface area contributed by atoms with Crippen molar-refractivity contribution >= 4 is 37.4 Å². The van der Waals surface area contributed by atoms with E-state index in [-0.39, 0.29) is 27.8 Å². The Kier molecular flexibility index (Phi) is 5.14. The van der Waals surface area contributed by atoms with Gasteiger partial charge in [-0.15, -0.1) is 0 Å². The maximum Gasteiger partial charge on any atom is 0.251 e. The second-order valence-corrected chi connectivity index (χ2v) is 8.36. The Hall–Kier alpha value is -1.16. The Morgan fingerprint density at radius 1 is 1.25 bits per heavy atom. The number of benzene rings is 1. The minimum atomic E-state index is -3.99. The molecule has 1 aromatic rings. The summed E-state index contributed by atoms with van der Waals surface area (Å²) in [5.74, 6) is -0.859. The van der Waals surface area contributed by atoms with Gasteiger partial charge in [-0.05, 0) is 18.2 Å². The number of sulfonamides is 1. The predicted molar refractivity (Wildman–Crippen MR) is 74.9 cm³/mol. The molecule has 3 N–H and O–H groups in total. The molecule has 0 spiro atoms. The van der Waals surface area contributed by atoms with Crippen LogP contribution in [-0.4, -0.2) is 41.3 Å². The number of rotatable bonds is 5. The van der Waals surface area contributed by atoms with E-state index in [0.717, 1.165) is 18.4 Å². The summed E-state index contributed by atoms with van der Waals surface area (Å²) in [4.78, 5) is 11.5. The van der Waals surface area contributed by atoms with Crippen molar-refractivity contribution in [1.29, 1.82) is 0 Å². The van der Waals surface area contributed by atoms with Crippen molar-refractivity contribution in [2.24, 2.45) is 5.14 Å². The zero-order chi connectivity index (χ0) is 15.6. The molecule has 0 aliphatic carbocycles. The molecule has 0 fully saturated rings. The maximum absolute atomic E-state index is 11.8. The highest BCUT2D eigenvalue weighted by Gasteiger charge is 2.14. The number of nitrogens with one attached hydrogen (secondary N) is 1. The Bertz CT molecular complexity index is 728. The van der Waals surface area contributed by atoms with Crippen LogP contribution in [0.2, 0.25) is 5.02 Å². The highest BCUT2D eigenvalue weighted by Crippen LogP contribution is 2.18. The molecule has 10 heteroatoms. The minimum Gasteiger partial charge on any atom is -0.351 e. The number of carbonyl (C=O) groups is 1. The van der Waals surface area contributed by atoms with Gasteiger partial charge < -0.3 is 5.32 Å². The summed E-state index contributed by atoms with van der Waals surface area (Å²) < 4.78 is 44.3. The summed E-state index contributed by atoms with van der Waals surface area (Å²) in [6.45, 7) is -0.0884. The number of nitrogens with two attached hydrogens (primary N) is 1. The number of hydrogen-bond donors (Lipinski definition) is 2. The number of hydrogen-bond acceptors (Lipinski definition) is 5. The number of halogens is 1. The van der Waals surface area contributed by atoms with E-state index >= 15 is 0 Å². The van der Waals surface area contributed by atoms with Crippen LogP contribution in [0.15, 0.2) is 23.1 Å². The van der Waals surface area contributed by atoms with Gasteiger partial charge in [0.25, 0.3) is 5.91 Å². The zero-order valence-corrected chi connectivity index (χ0v) is 12.8. The van der Waals surface area contributed by atoms with Crippen LogP contribution in [0, 0.1) is 0 Å². The first kappa shape index (κ1) is 16.9. The van der Waals surface area contributed by atoms with Crippen LogP contribution in [0.1, 0.15) is 10.4 Å². The molecule has 1 amide bonds. The summed E-state index contributed by atoms with van der Waals surface area (Å²) in [6, 6.07) is 3.44. The number of sulfone groups is 1. The molecule has 0 unspecified atom stereocenters. The van der Waals surface area contributed by atoms with Crippen LogP contribution < -0.4 is 10.5 Å². The molecule has 0 aliphatic heterocycles. The van der Waals surface area contributed by atoms with Crippen molar-refractivity contribution in [3.05, 3.63) is 28.8 Å². The Morgan fingerprint density at radius 2 is 1.85 bits per heavy atom. The molecular formula is C10H13ClN2O5S2. The average Bonchev–Trinajstić information content (AvgIpc) is 2.25. The highest BCUT2D eigenvalue weighted by atomic mass is 35.5. The van der Waals surface area contributed by atoms with Crippen molar-refractivity contribution in [2.75, 3.05) is 18.6 Å². The highest BCUT2D eigenvalue weighted by molar-refractivity contribution is 7.90. The third-order valence-corrected chi connectivity index (χ3v) is 4.28. The van der Waals surface area contributed by atoms with Gasteiger partial charge in [-0.1, -0.05) is 11.6 Å². The second-order valence-electron chi connectivity index (χ2n) is 4.11. The van der Waals surface area contributed by atoms with E-state index in [4.69, 9.17) is 16.7 Å². The zero-order valence-electron chi connectivity index (χ0n) is 10.5. The Labute approximate surface area is 122 Å². The van der Waals surface area contributed by atoms with E-state index in [9.17, 15) is 21.6 Å². The molecule has 7 nitrogen and oxygen atoms in total. The lowest BCUT2D eigenvalue weighted by molar-refractivity contribution is 0.0956. The van der Waals surface area contributed by atoms with Crippen LogP contribution in [0.5, 0.6) is 0 Å². The Morgan fingerprint density at radius 3 is 2.35 bits per heavy atom. The molecule has 0 atom stereocenters. The molecule has 0 radical (unpaired) electrons. The second kappa shape index (κ2) is 6.08. The number of amides is 1. The van der Waals surface area contributed by atoms with Crippen molar-refractivity contribution in [1.82, 2.24) is 5.32 Å². The van der Waals surface area contributed by atoms with Crippen molar-refractivity contribution < 1.29 is 21.6 Å². The van der Waals surface area contributed by atoms with Gasteiger partial charge in [0.1, 0.15) is 9.84 Å². The summed E-state index contributed by atoms with van der Waals surface area (Å²) in [6.07, 6.45) is 1.04. The van der Waals surface area contributed by atoms with Gasteiger partial charge >= 0.3 is 0 Å². The summed E-state index contributed by atoms with van der Waals surface area (Å²) in [5.41, 5.74) is -0.0185. The normalized spacial score (nSPS) is 12.2. The lowest BCUT2D eigenvalue weighted by Crippen LogP contribution is -2.29. The van der Waals surface area contributed by atoms with Gasteiger partial charge in [-0.3, -0.25) is 4.79 Å². The SMILES string of the molecule is CS(=O)(=O)CCNC(=O)c1cc(Cl)cc(S(N)(=O)=O)c1. The van der Waals surface area contributed by atoms with Crippen molar-refractivity contribution in [3.8, 4) is 0 Å². The van der Waals surface area contributed by atoms with Crippen molar-refractivity contribution in [2.45, 2.75) is 4.90 Å². The minimum absolute atomic E-state index is 0.0185. The molecular weight excluding hydrogens is 328 g/mol. The first-order valence-corrected chi connectivity index (χ1v) is 9.27. The summed E-state index contributed by atoms with van der Waals surface area (Å²) >= 11 is 5.71. The molecule has 0 heterocycles. The fraction of sp³-hybridized carbons (Fsp3) is 0.300. The van der Waals surface area contributed by atoms with Crippen LogP contribution in [0.3, 0.4) is 0 Å². The van der Waals surface area contributed by atoms with Crippen LogP contribution in [0.25, 0.3) is 0 Å². The van der Waals surface area contributed by atoms with Crippen LogP contribution >= 0.6 is 11.6 Å². The van der Waals surface area contributed by atoms with Crippen LogP contribution in [0.4, 0.5) is 0 Å². The molecule has 0 saturated carbocycles. The standard InChI is InChI=1S/C10H13ClN2O5S2/c1-19(15,16)3-2-13-10(14)7-4-8(11)6-9(5-7)20(12,17)18/h4-6H,2-3H2,1H3,(H,13,14)(H2,12,17,18). The summed E-state index contributed by atoms with van der Waals surface area (Å²) in [5, 5.41) is 7.34. The molecule has 1 rings (SSSR count). The first-order valence-electron chi connectivity index (χ1n) is 5.28. The monoisotopic (exact) mass is 340 g/mol. The van der Waals surface area contributed by atoms with E-state index < -0.39 is 25.8 Å². The summed E-state index contributed by atoms with van der Waals surface area (Å²) in [7, 11) is -7.18. The molecule has 20 heavy (non-hydrogen) atoms. The van der Waals surface area contributed by atoms with Gasteiger partial charge in [0.2, 0.25) is 10.0 Å². The average molecular weight is 341 g/mol.